The molecule has 3 nitrogen and oxygen atoms in total. The van der Waals surface area contributed by atoms with E-state index in [1.54, 1.807) is 0 Å². The van der Waals surface area contributed by atoms with Crippen LogP contribution in [-0.4, -0.2) is 23.9 Å². The lowest BCUT2D eigenvalue weighted by atomic mass is 9.82. The molecule has 0 unspecified atom stereocenters. The third kappa shape index (κ3) is 2.85. The third-order valence-corrected chi connectivity index (χ3v) is 4.47. The van der Waals surface area contributed by atoms with Crippen molar-refractivity contribution in [3.63, 3.8) is 0 Å². The maximum absolute atomic E-state index is 12.7. The van der Waals surface area contributed by atoms with Gasteiger partial charge in [-0.3, -0.25) is 4.79 Å². The van der Waals surface area contributed by atoms with Crippen LogP contribution in [0.3, 0.4) is 0 Å². The minimum absolute atomic E-state index is 0.0915. The summed E-state index contributed by atoms with van der Waals surface area (Å²) in [4.78, 5) is 14.7. The van der Waals surface area contributed by atoms with Crippen LogP contribution in [0.5, 0.6) is 0 Å². The minimum Gasteiger partial charge on any atom is -0.341 e. The van der Waals surface area contributed by atoms with E-state index in [2.05, 4.69) is 6.07 Å². The van der Waals surface area contributed by atoms with E-state index in [0.29, 0.717) is 24.7 Å². The first-order chi connectivity index (χ1) is 8.65. The van der Waals surface area contributed by atoms with Gasteiger partial charge in [0.2, 0.25) is 5.91 Å². The first-order valence-corrected chi connectivity index (χ1v) is 7.35. The number of carbonyl (C=O) groups is 1. The van der Waals surface area contributed by atoms with Crippen molar-refractivity contribution in [1.29, 1.82) is 5.26 Å². The van der Waals surface area contributed by atoms with Gasteiger partial charge in [-0.1, -0.05) is 13.8 Å². The number of carbonyl (C=O) groups excluding carboxylic acids is 1. The van der Waals surface area contributed by atoms with E-state index in [1.165, 1.54) is 25.7 Å². The maximum Gasteiger partial charge on any atom is 0.243 e. The number of nitriles is 1. The highest BCUT2D eigenvalue weighted by atomic mass is 16.2. The van der Waals surface area contributed by atoms with Gasteiger partial charge in [-0.2, -0.15) is 5.26 Å². The Labute approximate surface area is 110 Å². The summed E-state index contributed by atoms with van der Waals surface area (Å²) < 4.78 is 0. The summed E-state index contributed by atoms with van der Waals surface area (Å²) >= 11 is 0. The van der Waals surface area contributed by atoms with Crippen LogP contribution in [0.15, 0.2) is 0 Å². The Morgan fingerprint density at radius 3 is 1.89 bits per heavy atom. The average Bonchev–Trinajstić information content (AvgIpc) is 3.26. The molecular formula is C15H24N2O. The smallest absolute Gasteiger partial charge is 0.243 e. The second kappa shape index (κ2) is 5.30. The zero-order valence-corrected chi connectivity index (χ0v) is 11.6. The second-order valence-electron chi connectivity index (χ2n) is 6.00. The van der Waals surface area contributed by atoms with Crippen LogP contribution in [0, 0.1) is 28.6 Å². The Morgan fingerprint density at radius 1 is 1.17 bits per heavy atom. The fourth-order valence-electron chi connectivity index (χ4n) is 2.53. The number of hydrogen-bond acceptors (Lipinski definition) is 2. The van der Waals surface area contributed by atoms with E-state index in [-0.39, 0.29) is 5.91 Å². The molecule has 0 bridgehead atoms. The lowest BCUT2D eigenvalue weighted by Crippen LogP contribution is -2.44. The maximum atomic E-state index is 12.7. The van der Waals surface area contributed by atoms with Gasteiger partial charge >= 0.3 is 0 Å². The molecule has 0 atom stereocenters. The Morgan fingerprint density at radius 2 is 1.61 bits per heavy atom. The van der Waals surface area contributed by atoms with E-state index in [0.717, 1.165) is 13.1 Å². The lowest BCUT2D eigenvalue weighted by Gasteiger charge is -2.31. The predicted molar refractivity (Wildman–Crippen MR) is 70.7 cm³/mol. The predicted octanol–water partition coefficient (Wildman–Crippen LogP) is 2.96. The summed E-state index contributed by atoms with van der Waals surface area (Å²) in [6.07, 6.45) is 6.28. The average molecular weight is 248 g/mol. The summed E-state index contributed by atoms with van der Waals surface area (Å²) in [5, 5.41) is 9.40. The van der Waals surface area contributed by atoms with Crippen molar-refractivity contribution in [3.05, 3.63) is 0 Å². The molecule has 2 rings (SSSR count). The van der Waals surface area contributed by atoms with Crippen LogP contribution in [0.25, 0.3) is 0 Å². The van der Waals surface area contributed by atoms with Crippen molar-refractivity contribution in [2.24, 2.45) is 17.3 Å². The molecule has 2 fully saturated rings. The standard InChI is InChI=1S/C15H24N2O/c1-3-15(4-2,11-16)14(18)17(9-12-5-6-12)10-13-7-8-13/h12-13H,3-10H2,1-2H3. The van der Waals surface area contributed by atoms with Crippen molar-refractivity contribution >= 4 is 5.91 Å². The van der Waals surface area contributed by atoms with Crippen LogP contribution in [0.4, 0.5) is 0 Å². The third-order valence-electron chi connectivity index (χ3n) is 4.47. The topological polar surface area (TPSA) is 44.1 Å². The quantitative estimate of drug-likeness (QED) is 0.695. The number of hydrogen-bond donors (Lipinski definition) is 0. The minimum atomic E-state index is -0.774. The van der Waals surface area contributed by atoms with Gasteiger partial charge in [0, 0.05) is 13.1 Å². The fraction of sp³-hybridized carbons (Fsp3) is 0.867. The van der Waals surface area contributed by atoms with E-state index in [9.17, 15) is 10.1 Å². The number of nitrogens with zero attached hydrogens (tertiary/aromatic N) is 2. The first kappa shape index (κ1) is 13.4. The zero-order chi connectivity index (χ0) is 13.2. The van der Waals surface area contributed by atoms with Gasteiger partial charge < -0.3 is 4.90 Å². The van der Waals surface area contributed by atoms with E-state index >= 15 is 0 Å². The highest BCUT2D eigenvalue weighted by Crippen LogP contribution is 2.36. The van der Waals surface area contributed by atoms with Gasteiger partial charge in [0.05, 0.1) is 6.07 Å². The molecule has 0 aromatic heterocycles. The summed E-state index contributed by atoms with van der Waals surface area (Å²) in [6.45, 7) is 5.69. The van der Waals surface area contributed by atoms with Gasteiger partial charge in [-0.15, -0.1) is 0 Å². The summed E-state index contributed by atoms with van der Waals surface area (Å²) in [5.41, 5.74) is -0.774. The molecule has 2 aliphatic carbocycles. The Kier molecular flexibility index (Phi) is 3.94. The van der Waals surface area contributed by atoms with Crippen molar-refractivity contribution in [1.82, 2.24) is 4.90 Å². The van der Waals surface area contributed by atoms with Crippen molar-refractivity contribution in [2.75, 3.05) is 13.1 Å². The summed E-state index contributed by atoms with van der Waals surface area (Å²) in [6, 6.07) is 2.29. The summed E-state index contributed by atoms with van der Waals surface area (Å²) in [5.74, 6) is 1.50. The lowest BCUT2D eigenvalue weighted by molar-refractivity contribution is -0.140. The molecule has 0 N–H and O–H groups in total. The van der Waals surface area contributed by atoms with E-state index < -0.39 is 5.41 Å². The van der Waals surface area contributed by atoms with Crippen LogP contribution in [0.1, 0.15) is 52.4 Å². The normalized spacial score (nSPS) is 19.4. The van der Waals surface area contributed by atoms with Crippen LogP contribution < -0.4 is 0 Å². The molecule has 0 aromatic rings. The van der Waals surface area contributed by atoms with Gasteiger partial charge in [-0.25, -0.2) is 0 Å². The molecule has 2 aliphatic rings. The molecule has 3 heteroatoms. The molecular weight excluding hydrogens is 224 g/mol. The van der Waals surface area contributed by atoms with Gasteiger partial charge in [-0.05, 0) is 50.4 Å². The summed E-state index contributed by atoms with van der Waals surface area (Å²) in [7, 11) is 0. The molecule has 0 spiro atoms. The largest absolute Gasteiger partial charge is 0.341 e. The number of rotatable bonds is 7. The van der Waals surface area contributed by atoms with Gasteiger partial charge in [0.25, 0.3) is 0 Å². The Balaban J connectivity index is 2.06. The zero-order valence-electron chi connectivity index (χ0n) is 11.6. The molecule has 0 radical (unpaired) electrons. The van der Waals surface area contributed by atoms with Crippen molar-refractivity contribution < 1.29 is 4.79 Å². The Bertz CT molecular complexity index is 332. The Hall–Kier alpha value is -1.04. The van der Waals surface area contributed by atoms with Crippen molar-refractivity contribution in [3.8, 4) is 6.07 Å². The van der Waals surface area contributed by atoms with Gasteiger partial charge in [0.1, 0.15) is 5.41 Å². The first-order valence-electron chi connectivity index (χ1n) is 7.35. The van der Waals surface area contributed by atoms with Crippen molar-refractivity contribution in [2.45, 2.75) is 52.4 Å². The monoisotopic (exact) mass is 248 g/mol. The van der Waals surface area contributed by atoms with E-state index in [4.69, 9.17) is 0 Å². The molecule has 1 amide bonds. The fourth-order valence-corrected chi connectivity index (χ4v) is 2.53. The van der Waals surface area contributed by atoms with E-state index in [1.807, 2.05) is 18.7 Å². The second-order valence-corrected chi connectivity index (χ2v) is 6.00. The molecule has 0 saturated heterocycles. The number of amides is 1. The SMILES string of the molecule is CCC(C#N)(CC)C(=O)N(CC1CC1)CC1CC1. The molecule has 100 valence electrons. The molecule has 18 heavy (non-hydrogen) atoms. The molecule has 0 aliphatic heterocycles. The molecule has 0 heterocycles. The van der Waals surface area contributed by atoms with Gasteiger partial charge in [0.15, 0.2) is 0 Å². The van der Waals surface area contributed by atoms with Crippen LogP contribution in [-0.2, 0) is 4.79 Å². The molecule has 0 aromatic carbocycles. The van der Waals surface area contributed by atoms with Crippen LogP contribution >= 0.6 is 0 Å². The highest BCUT2D eigenvalue weighted by molar-refractivity contribution is 5.85. The molecule has 2 saturated carbocycles. The highest BCUT2D eigenvalue weighted by Gasteiger charge is 2.41. The van der Waals surface area contributed by atoms with Crippen LogP contribution in [0.2, 0.25) is 0 Å².